The predicted octanol–water partition coefficient (Wildman–Crippen LogP) is 4.81. The fraction of sp³-hybridized carbons (Fsp3) is 0.318. The van der Waals surface area contributed by atoms with Crippen LogP contribution in [-0.2, 0) is 9.59 Å². The molecule has 1 fully saturated rings. The van der Waals surface area contributed by atoms with Crippen molar-refractivity contribution in [1.82, 2.24) is 0 Å². The fourth-order valence-corrected chi connectivity index (χ4v) is 3.47. The topological polar surface area (TPSA) is 46.5 Å². The third-order valence-corrected chi connectivity index (χ3v) is 4.88. The Hall–Kier alpha value is -2.55. The van der Waals surface area contributed by atoms with E-state index < -0.39 is 5.92 Å². The van der Waals surface area contributed by atoms with Crippen LogP contribution >= 0.6 is 0 Å². The van der Waals surface area contributed by atoms with E-state index in [9.17, 15) is 9.59 Å². The summed E-state index contributed by atoms with van der Waals surface area (Å²) in [5.41, 5.74) is 3.74. The Morgan fingerprint density at radius 2 is 1.72 bits per heavy atom. The molecule has 1 aliphatic rings. The number of hydrogen-bond acceptors (Lipinski definition) is 3. The minimum Gasteiger partial charge on any atom is -0.298 e. The van der Waals surface area contributed by atoms with E-state index in [1.807, 2.05) is 68.4 Å². The highest BCUT2D eigenvalue weighted by molar-refractivity contribution is 6.23. The molecule has 2 aromatic carbocycles. The molecule has 1 saturated carbocycles. The summed E-state index contributed by atoms with van der Waals surface area (Å²) in [6, 6.07) is 17.9. The van der Waals surface area contributed by atoms with Crippen molar-refractivity contribution in [3.8, 4) is 0 Å². The normalized spacial score (nSPS) is 22.2. The zero-order valence-corrected chi connectivity index (χ0v) is 14.7. The molecular weight excluding hydrogens is 310 g/mol. The van der Waals surface area contributed by atoms with Gasteiger partial charge in [0.25, 0.3) is 0 Å². The van der Waals surface area contributed by atoms with Crippen LogP contribution in [0.3, 0.4) is 0 Å². The number of carbonyl (C=O) groups excluding carboxylic acids is 2. The molecule has 2 atom stereocenters. The van der Waals surface area contributed by atoms with Crippen LogP contribution in [0.5, 0.6) is 0 Å². The third kappa shape index (κ3) is 3.76. The summed E-state index contributed by atoms with van der Waals surface area (Å²) >= 11 is 0. The van der Waals surface area contributed by atoms with E-state index in [1.165, 1.54) is 0 Å². The van der Waals surface area contributed by atoms with Crippen LogP contribution in [0.4, 0.5) is 5.69 Å². The Morgan fingerprint density at radius 1 is 1.04 bits per heavy atom. The highest BCUT2D eigenvalue weighted by Gasteiger charge is 2.38. The Kier molecular flexibility index (Phi) is 5.22. The van der Waals surface area contributed by atoms with Gasteiger partial charge in [0.15, 0.2) is 0 Å². The van der Waals surface area contributed by atoms with E-state index in [0.717, 1.165) is 16.8 Å². The molecule has 0 radical (unpaired) electrons. The summed E-state index contributed by atoms with van der Waals surface area (Å²) in [5, 5.41) is 0. The summed E-state index contributed by atoms with van der Waals surface area (Å²) in [6.07, 6.45) is 1.42. The van der Waals surface area contributed by atoms with Crippen LogP contribution in [0, 0.1) is 12.8 Å². The van der Waals surface area contributed by atoms with E-state index in [2.05, 4.69) is 0 Å². The number of aliphatic imine (C=N–C) groups is 1. The number of hydrogen-bond donors (Lipinski definition) is 0. The van der Waals surface area contributed by atoms with Crippen LogP contribution in [0.15, 0.2) is 59.6 Å². The Labute approximate surface area is 148 Å². The highest BCUT2D eigenvalue weighted by Crippen LogP contribution is 2.34. The lowest BCUT2D eigenvalue weighted by molar-refractivity contribution is -0.130. The summed E-state index contributed by atoms with van der Waals surface area (Å²) in [6.45, 7) is 3.81. The predicted molar refractivity (Wildman–Crippen MR) is 100 cm³/mol. The summed E-state index contributed by atoms with van der Waals surface area (Å²) in [4.78, 5) is 29.9. The molecule has 3 heteroatoms. The first-order valence-electron chi connectivity index (χ1n) is 8.83. The number of ketones is 2. The molecule has 128 valence electrons. The number of benzene rings is 2. The molecule has 25 heavy (non-hydrogen) atoms. The van der Waals surface area contributed by atoms with Gasteiger partial charge in [0.1, 0.15) is 17.5 Å². The van der Waals surface area contributed by atoms with E-state index in [0.29, 0.717) is 25.0 Å². The molecule has 2 aromatic rings. The number of rotatable bonds is 4. The monoisotopic (exact) mass is 333 g/mol. The smallest absolute Gasteiger partial charge is 0.149 e. The van der Waals surface area contributed by atoms with Crippen molar-refractivity contribution < 1.29 is 9.59 Å². The lowest BCUT2D eigenvalue weighted by Gasteiger charge is -2.29. The second kappa shape index (κ2) is 7.56. The van der Waals surface area contributed by atoms with Gasteiger partial charge in [-0.1, -0.05) is 55.5 Å². The van der Waals surface area contributed by atoms with Crippen LogP contribution < -0.4 is 0 Å². The maximum atomic E-state index is 12.8. The zero-order chi connectivity index (χ0) is 17.8. The Bertz CT molecular complexity index is 808. The average Bonchev–Trinajstić information content (AvgIpc) is 2.63. The first-order chi connectivity index (χ1) is 12.1. The molecule has 2 unspecified atom stereocenters. The molecule has 3 nitrogen and oxygen atoms in total. The minimum absolute atomic E-state index is 0.000660. The van der Waals surface area contributed by atoms with Gasteiger partial charge in [-0.15, -0.1) is 0 Å². The van der Waals surface area contributed by atoms with Gasteiger partial charge in [-0.2, -0.15) is 0 Å². The second-order valence-electron chi connectivity index (χ2n) is 6.62. The first-order valence-corrected chi connectivity index (χ1v) is 8.83. The Morgan fingerprint density at radius 3 is 2.40 bits per heavy atom. The number of aryl methyl sites for hydroxylation is 1. The summed E-state index contributed by atoms with van der Waals surface area (Å²) in [5.74, 6) is -0.606. The maximum Gasteiger partial charge on any atom is 0.149 e. The number of Topliss-reactive ketones (excluding diaryl/α,β-unsaturated/α-hetero) is 2. The molecular formula is C22H23NO2. The van der Waals surface area contributed by atoms with Crippen molar-refractivity contribution in [3.63, 3.8) is 0 Å². The van der Waals surface area contributed by atoms with Crippen molar-refractivity contribution in [2.75, 3.05) is 0 Å². The summed E-state index contributed by atoms with van der Waals surface area (Å²) < 4.78 is 0. The quantitative estimate of drug-likeness (QED) is 0.754. The van der Waals surface area contributed by atoms with E-state index in [4.69, 9.17) is 4.99 Å². The van der Waals surface area contributed by atoms with Crippen molar-refractivity contribution in [2.45, 2.75) is 39.0 Å². The Balaban J connectivity index is 2.01. The first kappa shape index (κ1) is 17.3. The van der Waals surface area contributed by atoms with Gasteiger partial charge in [0, 0.05) is 18.6 Å². The molecule has 0 aromatic heterocycles. The van der Waals surface area contributed by atoms with E-state index >= 15 is 0 Å². The highest BCUT2D eigenvalue weighted by atomic mass is 16.1. The SMILES string of the molecule is CCC(=O)C1C(=O)CC(c2ccccc2)CC1=Nc1ccccc1C. The van der Waals surface area contributed by atoms with Crippen molar-refractivity contribution in [3.05, 3.63) is 65.7 Å². The molecule has 0 spiro atoms. The fourth-order valence-electron chi connectivity index (χ4n) is 3.47. The van der Waals surface area contributed by atoms with Crippen LogP contribution in [-0.4, -0.2) is 17.3 Å². The molecule has 0 heterocycles. The molecule has 1 aliphatic carbocycles. The van der Waals surface area contributed by atoms with Crippen molar-refractivity contribution >= 4 is 23.0 Å². The van der Waals surface area contributed by atoms with Gasteiger partial charge in [-0.3, -0.25) is 14.6 Å². The largest absolute Gasteiger partial charge is 0.298 e. The molecule has 0 saturated heterocycles. The van der Waals surface area contributed by atoms with Crippen LogP contribution in [0.2, 0.25) is 0 Å². The number of carbonyl (C=O) groups is 2. The third-order valence-electron chi connectivity index (χ3n) is 4.88. The lowest BCUT2D eigenvalue weighted by atomic mass is 9.74. The van der Waals surface area contributed by atoms with Gasteiger partial charge in [-0.05, 0) is 36.5 Å². The van der Waals surface area contributed by atoms with Gasteiger partial charge in [-0.25, -0.2) is 0 Å². The van der Waals surface area contributed by atoms with Gasteiger partial charge in [0.2, 0.25) is 0 Å². The van der Waals surface area contributed by atoms with Gasteiger partial charge in [0.05, 0.1) is 5.69 Å². The van der Waals surface area contributed by atoms with E-state index in [-0.39, 0.29) is 17.5 Å². The average molecular weight is 333 g/mol. The molecule has 0 bridgehead atoms. The van der Waals surface area contributed by atoms with Crippen molar-refractivity contribution in [2.24, 2.45) is 10.9 Å². The lowest BCUT2D eigenvalue weighted by Crippen LogP contribution is -2.38. The zero-order valence-electron chi connectivity index (χ0n) is 14.7. The number of para-hydroxylation sites is 1. The molecule has 3 rings (SSSR count). The standard InChI is InChI=1S/C22H23NO2/c1-3-20(24)22-19(23-18-12-8-7-9-15(18)2)13-17(14-21(22)25)16-10-5-4-6-11-16/h4-12,17,22H,3,13-14H2,1-2H3. The second-order valence-corrected chi connectivity index (χ2v) is 6.62. The summed E-state index contributed by atoms with van der Waals surface area (Å²) in [7, 11) is 0. The maximum absolute atomic E-state index is 12.8. The van der Waals surface area contributed by atoms with E-state index in [1.54, 1.807) is 0 Å². The minimum atomic E-state index is -0.676. The number of nitrogens with zero attached hydrogens (tertiary/aromatic N) is 1. The molecule has 0 N–H and O–H groups in total. The van der Waals surface area contributed by atoms with Gasteiger partial charge >= 0.3 is 0 Å². The van der Waals surface area contributed by atoms with Crippen LogP contribution in [0.25, 0.3) is 0 Å². The molecule has 0 aliphatic heterocycles. The van der Waals surface area contributed by atoms with Crippen LogP contribution in [0.1, 0.15) is 43.2 Å². The molecule has 0 amide bonds. The van der Waals surface area contributed by atoms with Crippen molar-refractivity contribution in [1.29, 1.82) is 0 Å². The van der Waals surface area contributed by atoms with Gasteiger partial charge < -0.3 is 0 Å².